The summed E-state index contributed by atoms with van der Waals surface area (Å²) in [6.07, 6.45) is 1.71. The second kappa shape index (κ2) is 13.0. The molecule has 0 aromatic heterocycles. The fourth-order valence-electron chi connectivity index (χ4n) is 6.55. The Hall–Kier alpha value is -4.55. The van der Waals surface area contributed by atoms with E-state index in [9.17, 15) is 9.90 Å². The number of allylic oxidation sites excluding steroid dienone is 1. The number of nitrogens with zero attached hydrogens (tertiary/aromatic N) is 1. The highest BCUT2D eigenvalue weighted by atomic mass is 16.6. The standard InChI is InChI=1S/C38H39NO5/c1-25(2)19-28(40)21-35-33-22-36(42-3)37(43-23-26-11-5-4-6-12-26)20-27(33)17-18-39(35)38(41)44-24-34-31-15-9-7-13-29(31)30-14-8-10-16-32(30)34/h4-16,19-20,22,28,34-35,40H,17-18,21,23-24H2,1-3H3. The van der Waals surface area contributed by atoms with E-state index in [1.807, 2.05) is 86.7 Å². The minimum atomic E-state index is -0.722. The van der Waals surface area contributed by atoms with Crippen LogP contribution in [-0.4, -0.2) is 42.5 Å². The number of carbonyl (C=O) groups is 1. The van der Waals surface area contributed by atoms with Gasteiger partial charge in [-0.3, -0.25) is 0 Å². The quantitative estimate of drug-likeness (QED) is 0.202. The van der Waals surface area contributed by atoms with Gasteiger partial charge < -0.3 is 24.2 Å². The van der Waals surface area contributed by atoms with Gasteiger partial charge in [-0.1, -0.05) is 90.5 Å². The van der Waals surface area contributed by atoms with Gasteiger partial charge in [0.1, 0.15) is 13.2 Å². The Balaban J connectivity index is 1.25. The van der Waals surface area contributed by atoms with E-state index in [1.54, 1.807) is 12.0 Å². The SMILES string of the molecule is COc1cc2c(cc1OCc1ccccc1)CCN(C(=O)OCC1c3ccccc3-c3ccccc31)C2CC(O)C=C(C)C. The number of amides is 1. The lowest BCUT2D eigenvalue weighted by atomic mass is 9.88. The number of ether oxygens (including phenoxy) is 3. The predicted octanol–water partition coefficient (Wildman–Crippen LogP) is 7.84. The van der Waals surface area contributed by atoms with Crippen molar-refractivity contribution < 1.29 is 24.1 Å². The normalized spacial score (nSPS) is 15.9. The van der Waals surface area contributed by atoms with Gasteiger partial charge in [-0.2, -0.15) is 0 Å². The first-order valence-electron chi connectivity index (χ1n) is 15.2. The number of benzene rings is 4. The average Bonchev–Trinajstić information content (AvgIpc) is 3.36. The average molecular weight is 590 g/mol. The topological polar surface area (TPSA) is 68.2 Å². The maximum Gasteiger partial charge on any atom is 0.410 e. The molecule has 6 heteroatoms. The Bertz CT molecular complexity index is 1610. The third kappa shape index (κ3) is 6.08. The monoisotopic (exact) mass is 589 g/mol. The summed E-state index contributed by atoms with van der Waals surface area (Å²) in [6, 6.07) is 30.3. The number of aliphatic hydroxyl groups excluding tert-OH is 1. The molecule has 0 spiro atoms. The molecule has 1 aliphatic carbocycles. The molecule has 226 valence electrons. The molecule has 0 saturated heterocycles. The Morgan fingerprint density at radius 2 is 1.57 bits per heavy atom. The first-order valence-corrected chi connectivity index (χ1v) is 15.2. The van der Waals surface area contributed by atoms with Gasteiger partial charge in [0.25, 0.3) is 0 Å². The van der Waals surface area contributed by atoms with E-state index in [-0.39, 0.29) is 18.6 Å². The molecule has 2 atom stereocenters. The van der Waals surface area contributed by atoms with Gasteiger partial charge in [0.15, 0.2) is 11.5 Å². The largest absolute Gasteiger partial charge is 0.493 e. The zero-order chi connectivity index (χ0) is 30.6. The Morgan fingerprint density at radius 3 is 2.23 bits per heavy atom. The molecule has 4 aromatic carbocycles. The molecule has 0 fully saturated rings. The van der Waals surface area contributed by atoms with Crippen molar-refractivity contribution >= 4 is 6.09 Å². The number of fused-ring (bicyclic) bond motifs is 4. The van der Waals surface area contributed by atoms with Crippen molar-refractivity contribution in [2.75, 3.05) is 20.3 Å². The van der Waals surface area contributed by atoms with Crippen LogP contribution in [-0.2, 0) is 17.8 Å². The molecular weight excluding hydrogens is 550 g/mol. The maximum absolute atomic E-state index is 13.8. The van der Waals surface area contributed by atoms with Gasteiger partial charge >= 0.3 is 6.09 Å². The second-order valence-electron chi connectivity index (χ2n) is 11.8. The molecule has 2 unspecified atom stereocenters. The van der Waals surface area contributed by atoms with Crippen LogP contribution >= 0.6 is 0 Å². The van der Waals surface area contributed by atoms with E-state index in [4.69, 9.17) is 14.2 Å². The van der Waals surface area contributed by atoms with Crippen molar-refractivity contribution in [1.82, 2.24) is 4.90 Å². The van der Waals surface area contributed by atoms with E-state index >= 15 is 0 Å². The summed E-state index contributed by atoms with van der Waals surface area (Å²) in [5.41, 5.74) is 8.83. The third-order valence-electron chi connectivity index (χ3n) is 8.58. The molecule has 6 rings (SSSR count). The number of hydrogen-bond donors (Lipinski definition) is 1. The van der Waals surface area contributed by atoms with E-state index in [1.165, 1.54) is 22.3 Å². The van der Waals surface area contributed by atoms with E-state index in [2.05, 4.69) is 24.3 Å². The lowest BCUT2D eigenvalue weighted by molar-refractivity contribution is 0.0674. The number of hydrogen-bond acceptors (Lipinski definition) is 5. The van der Waals surface area contributed by atoms with E-state index in [0.717, 1.165) is 22.3 Å². The van der Waals surface area contributed by atoms with Gasteiger partial charge in [0.2, 0.25) is 0 Å². The smallest absolute Gasteiger partial charge is 0.410 e. The molecular formula is C38H39NO5. The van der Waals surface area contributed by atoms with Crippen LogP contribution in [0.2, 0.25) is 0 Å². The van der Waals surface area contributed by atoms with Crippen LogP contribution in [0.1, 0.15) is 60.0 Å². The van der Waals surface area contributed by atoms with Crippen LogP contribution in [0.15, 0.2) is 103 Å². The summed E-state index contributed by atoms with van der Waals surface area (Å²) in [6.45, 7) is 5.06. The predicted molar refractivity (Wildman–Crippen MR) is 172 cm³/mol. The highest BCUT2D eigenvalue weighted by Gasteiger charge is 2.36. The molecule has 0 radical (unpaired) electrons. The number of methoxy groups -OCH3 is 1. The minimum Gasteiger partial charge on any atom is -0.493 e. The van der Waals surface area contributed by atoms with Gasteiger partial charge in [-0.25, -0.2) is 4.79 Å². The molecule has 44 heavy (non-hydrogen) atoms. The lowest BCUT2D eigenvalue weighted by Gasteiger charge is -2.38. The van der Waals surface area contributed by atoms with E-state index < -0.39 is 12.1 Å². The highest BCUT2D eigenvalue weighted by Crippen LogP contribution is 2.45. The molecule has 0 saturated carbocycles. The number of carbonyl (C=O) groups excluding carboxylic acids is 1. The molecule has 1 N–H and O–H groups in total. The van der Waals surface area contributed by atoms with Crippen molar-refractivity contribution in [2.45, 2.75) is 51.4 Å². The molecule has 4 aromatic rings. The Kier molecular flexibility index (Phi) is 8.71. The van der Waals surface area contributed by atoms with Crippen LogP contribution in [0.4, 0.5) is 4.79 Å². The summed E-state index contributed by atoms with van der Waals surface area (Å²) in [5, 5.41) is 11.0. The van der Waals surface area contributed by atoms with Gasteiger partial charge in [0.05, 0.1) is 19.3 Å². The van der Waals surface area contributed by atoms with Crippen molar-refractivity contribution in [3.05, 3.63) is 130 Å². The molecule has 1 amide bonds. The van der Waals surface area contributed by atoms with Gasteiger partial charge in [0, 0.05) is 18.9 Å². The zero-order valence-corrected chi connectivity index (χ0v) is 25.5. The number of aliphatic hydroxyl groups is 1. The van der Waals surface area contributed by atoms with Gasteiger partial charge in [-0.05, 0) is 71.3 Å². The van der Waals surface area contributed by atoms with Crippen LogP contribution in [0.3, 0.4) is 0 Å². The van der Waals surface area contributed by atoms with Crippen LogP contribution in [0.25, 0.3) is 11.1 Å². The highest BCUT2D eigenvalue weighted by molar-refractivity contribution is 5.79. The van der Waals surface area contributed by atoms with Gasteiger partial charge in [-0.15, -0.1) is 0 Å². The molecule has 6 nitrogen and oxygen atoms in total. The second-order valence-corrected chi connectivity index (χ2v) is 11.8. The minimum absolute atomic E-state index is 0.0254. The van der Waals surface area contributed by atoms with E-state index in [0.29, 0.717) is 37.5 Å². The van der Waals surface area contributed by atoms with Crippen LogP contribution < -0.4 is 9.47 Å². The van der Waals surface area contributed by atoms with Crippen LogP contribution in [0, 0.1) is 0 Å². The van der Waals surface area contributed by atoms with Crippen LogP contribution in [0.5, 0.6) is 11.5 Å². The maximum atomic E-state index is 13.8. The summed E-state index contributed by atoms with van der Waals surface area (Å²) >= 11 is 0. The summed E-state index contributed by atoms with van der Waals surface area (Å²) in [4.78, 5) is 15.6. The van der Waals surface area contributed by atoms with Crippen molar-refractivity contribution in [2.24, 2.45) is 0 Å². The van der Waals surface area contributed by atoms with Crippen molar-refractivity contribution in [1.29, 1.82) is 0 Å². The third-order valence-corrected chi connectivity index (χ3v) is 8.58. The fraction of sp³-hybridized carbons (Fsp3) is 0.289. The molecule has 1 heterocycles. The summed E-state index contributed by atoms with van der Waals surface area (Å²) in [7, 11) is 1.62. The fourth-order valence-corrected chi connectivity index (χ4v) is 6.55. The summed E-state index contributed by atoms with van der Waals surface area (Å²) < 4.78 is 18.0. The Morgan fingerprint density at radius 1 is 0.909 bits per heavy atom. The number of rotatable bonds is 9. The zero-order valence-electron chi connectivity index (χ0n) is 25.5. The molecule has 0 bridgehead atoms. The van der Waals surface area contributed by atoms with Crippen molar-refractivity contribution in [3.8, 4) is 22.6 Å². The van der Waals surface area contributed by atoms with Crippen molar-refractivity contribution in [3.63, 3.8) is 0 Å². The molecule has 1 aliphatic heterocycles. The first kappa shape index (κ1) is 29.5. The molecule has 2 aliphatic rings. The Labute approximate surface area is 259 Å². The lowest BCUT2D eigenvalue weighted by Crippen LogP contribution is -2.42. The first-order chi connectivity index (χ1) is 21.4. The summed E-state index contributed by atoms with van der Waals surface area (Å²) in [5.74, 6) is 1.23.